The van der Waals surface area contributed by atoms with E-state index in [9.17, 15) is 24.6 Å². The third kappa shape index (κ3) is 6.65. The van der Waals surface area contributed by atoms with Crippen LogP contribution in [-0.4, -0.2) is 70.9 Å². The average Bonchev–Trinajstić information content (AvgIpc) is 3.05. The van der Waals surface area contributed by atoms with Crippen molar-refractivity contribution >= 4 is 17.9 Å². The number of aliphatic hydroxyl groups is 3. The summed E-state index contributed by atoms with van der Waals surface area (Å²) < 4.78 is 16.7. The van der Waals surface area contributed by atoms with E-state index in [4.69, 9.17) is 19.3 Å². The Morgan fingerprint density at radius 2 is 1.94 bits per heavy atom. The maximum Gasteiger partial charge on any atom is 0.336 e. The highest BCUT2D eigenvalue weighted by Crippen LogP contribution is 2.37. The third-order valence-corrected chi connectivity index (χ3v) is 5.96. The van der Waals surface area contributed by atoms with Gasteiger partial charge in [-0.3, -0.25) is 0 Å². The SMILES string of the molecule is C=C1C(=O)O[C@@H]2/C=C(/C)[C@@H](OC(=O)C(O)C(C)C)C/C=C(\C)C[C@@H](OC(=O)/C(=C/CO)CO)[C@@H]12. The van der Waals surface area contributed by atoms with Crippen LogP contribution in [0.3, 0.4) is 0 Å². The van der Waals surface area contributed by atoms with Crippen LogP contribution < -0.4 is 0 Å². The first kappa shape index (κ1) is 27.5. The molecule has 1 saturated heterocycles. The number of hydrogen-bond acceptors (Lipinski definition) is 9. The molecule has 0 aromatic heterocycles. The van der Waals surface area contributed by atoms with Gasteiger partial charge in [-0.15, -0.1) is 0 Å². The molecule has 2 rings (SSSR count). The minimum atomic E-state index is -1.26. The minimum absolute atomic E-state index is 0.101. The molecular weight excluding hydrogens is 444 g/mol. The summed E-state index contributed by atoms with van der Waals surface area (Å²) in [4.78, 5) is 37.3. The Kier molecular flexibility index (Phi) is 9.78. The van der Waals surface area contributed by atoms with E-state index in [0.29, 0.717) is 12.0 Å². The molecule has 0 aromatic rings. The van der Waals surface area contributed by atoms with Crippen molar-refractivity contribution in [1.29, 1.82) is 0 Å². The molecule has 0 saturated carbocycles. The zero-order valence-corrected chi connectivity index (χ0v) is 20.0. The van der Waals surface area contributed by atoms with Crippen LogP contribution in [0, 0.1) is 11.8 Å². The van der Waals surface area contributed by atoms with Crippen LogP contribution in [0.25, 0.3) is 0 Å². The van der Waals surface area contributed by atoms with E-state index >= 15 is 0 Å². The Balaban J connectivity index is 2.39. The quantitative estimate of drug-likeness (QED) is 0.215. The molecule has 9 heteroatoms. The van der Waals surface area contributed by atoms with E-state index < -0.39 is 61.5 Å². The summed E-state index contributed by atoms with van der Waals surface area (Å²) in [6.45, 7) is 9.73. The van der Waals surface area contributed by atoms with Gasteiger partial charge in [-0.1, -0.05) is 32.1 Å². The lowest BCUT2D eigenvalue weighted by atomic mass is 9.85. The van der Waals surface area contributed by atoms with Gasteiger partial charge in [0.25, 0.3) is 0 Å². The number of aliphatic hydroxyl groups excluding tert-OH is 3. The summed E-state index contributed by atoms with van der Waals surface area (Å²) in [6, 6.07) is 0. The Morgan fingerprint density at radius 1 is 1.26 bits per heavy atom. The summed E-state index contributed by atoms with van der Waals surface area (Å²) in [6.07, 6.45) is 1.60. The molecule has 34 heavy (non-hydrogen) atoms. The zero-order valence-electron chi connectivity index (χ0n) is 20.0. The van der Waals surface area contributed by atoms with E-state index in [1.54, 1.807) is 26.8 Å². The predicted molar refractivity (Wildman–Crippen MR) is 122 cm³/mol. The number of hydrogen-bond donors (Lipinski definition) is 3. The topological polar surface area (TPSA) is 140 Å². The molecule has 0 bridgehead atoms. The molecule has 0 radical (unpaired) electrons. The number of rotatable bonds is 7. The molecule has 0 amide bonds. The Morgan fingerprint density at radius 3 is 2.53 bits per heavy atom. The molecule has 0 spiro atoms. The lowest BCUT2D eigenvalue weighted by molar-refractivity contribution is -0.159. The Hall–Kier alpha value is -2.75. The van der Waals surface area contributed by atoms with Crippen LogP contribution in [0.15, 0.2) is 47.1 Å². The minimum Gasteiger partial charge on any atom is -0.458 e. The smallest absolute Gasteiger partial charge is 0.336 e. The second-order valence-electron chi connectivity index (χ2n) is 8.95. The molecule has 0 aromatic carbocycles. The predicted octanol–water partition coefficient (Wildman–Crippen LogP) is 1.52. The fourth-order valence-electron chi connectivity index (χ4n) is 3.84. The highest BCUT2D eigenvalue weighted by molar-refractivity contribution is 5.92. The van der Waals surface area contributed by atoms with Crippen LogP contribution in [0.1, 0.15) is 40.5 Å². The van der Waals surface area contributed by atoms with Crippen molar-refractivity contribution in [1.82, 2.24) is 0 Å². The molecule has 5 atom stereocenters. The van der Waals surface area contributed by atoms with Gasteiger partial charge in [0.15, 0.2) is 6.10 Å². The van der Waals surface area contributed by atoms with Gasteiger partial charge in [0.1, 0.15) is 18.3 Å². The van der Waals surface area contributed by atoms with Crippen molar-refractivity contribution in [3.05, 3.63) is 47.1 Å². The number of esters is 3. The van der Waals surface area contributed by atoms with E-state index in [0.717, 1.165) is 11.6 Å². The highest BCUT2D eigenvalue weighted by atomic mass is 16.6. The molecule has 1 unspecified atom stereocenters. The molecule has 3 N–H and O–H groups in total. The number of fused-ring (bicyclic) bond motifs is 1. The van der Waals surface area contributed by atoms with Crippen molar-refractivity contribution in [2.45, 2.75) is 65.0 Å². The fourth-order valence-corrected chi connectivity index (χ4v) is 3.84. The largest absolute Gasteiger partial charge is 0.458 e. The Labute approximate surface area is 199 Å². The second kappa shape index (κ2) is 12.1. The van der Waals surface area contributed by atoms with Crippen LogP contribution in [0.2, 0.25) is 0 Å². The molecule has 1 aliphatic heterocycles. The lowest BCUT2D eigenvalue weighted by Crippen LogP contribution is -2.35. The zero-order chi connectivity index (χ0) is 25.6. The van der Waals surface area contributed by atoms with Gasteiger partial charge in [0.05, 0.1) is 24.7 Å². The normalized spacial score (nSPS) is 29.8. The van der Waals surface area contributed by atoms with E-state index in [1.807, 2.05) is 13.0 Å². The van der Waals surface area contributed by atoms with Gasteiger partial charge < -0.3 is 29.5 Å². The van der Waals surface area contributed by atoms with Crippen molar-refractivity contribution < 1.29 is 43.9 Å². The molecule has 1 aliphatic carbocycles. The van der Waals surface area contributed by atoms with E-state index in [2.05, 4.69) is 6.58 Å². The maximum absolute atomic E-state index is 12.6. The van der Waals surface area contributed by atoms with Crippen molar-refractivity contribution in [3.63, 3.8) is 0 Å². The van der Waals surface area contributed by atoms with Gasteiger partial charge in [-0.05, 0) is 37.5 Å². The van der Waals surface area contributed by atoms with E-state index in [1.165, 1.54) is 0 Å². The average molecular weight is 479 g/mol. The standard InChI is InChI=1S/C25H34O9/c1-13(2)22(28)25(31)32-18-7-6-14(3)10-19(34-24(30)17(12-27)8-9-26)21-16(5)23(29)33-20(21)11-15(18)4/h6,8,11,13,18-22,26-28H,5,7,9-10,12H2,1-4H3/b14-6+,15-11-,17-8+/t18-,19+,20+,21+,22?/m0/s1. The highest BCUT2D eigenvalue weighted by Gasteiger charge is 2.45. The van der Waals surface area contributed by atoms with Crippen LogP contribution in [0.4, 0.5) is 0 Å². The van der Waals surface area contributed by atoms with E-state index in [-0.39, 0.29) is 23.5 Å². The molecule has 1 fully saturated rings. The molecule has 1 heterocycles. The fraction of sp³-hybridized carbons (Fsp3) is 0.560. The van der Waals surface area contributed by atoms with Gasteiger partial charge in [-0.25, -0.2) is 14.4 Å². The first-order chi connectivity index (χ1) is 16.0. The summed E-state index contributed by atoms with van der Waals surface area (Å²) in [5, 5.41) is 28.6. The summed E-state index contributed by atoms with van der Waals surface area (Å²) in [5.41, 5.74) is 1.45. The number of carbonyl (C=O) groups is 3. The van der Waals surface area contributed by atoms with Crippen molar-refractivity contribution in [3.8, 4) is 0 Å². The summed E-state index contributed by atoms with van der Waals surface area (Å²) >= 11 is 0. The third-order valence-electron chi connectivity index (χ3n) is 5.96. The molecule has 188 valence electrons. The molecule has 2 aliphatic rings. The van der Waals surface area contributed by atoms with Gasteiger partial charge in [0.2, 0.25) is 0 Å². The maximum atomic E-state index is 12.6. The number of ether oxygens (including phenoxy) is 3. The first-order valence-electron chi connectivity index (χ1n) is 11.2. The van der Waals surface area contributed by atoms with Crippen molar-refractivity contribution in [2.75, 3.05) is 13.2 Å². The lowest BCUT2D eigenvalue weighted by Gasteiger charge is -2.29. The summed E-state index contributed by atoms with van der Waals surface area (Å²) in [7, 11) is 0. The van der Waals surface area contributed by atoms with Crippen LogP contribution in [0.5, 0.6) is 0 Å². The Bertz CT molecular complexity index is 896. The van der Waals surface area contributed by atoms with Crippen LogP contribution >= 0.6 is 0 Å². The monoisotopic (exact) mass is 478 g/mol. The van der Waals surface area contributed by atoms with Gasteiger partial charge >= 0.3 is 17.9 Å². The van der Waals surface area contributed by atoms with Gasteiger partial charge in [0, 0.05) is 18.4 Å². The molecule has 9 nitrogen and oxygen atoms in total. The summed E-state index contributed by atoms with van der Waals surface area (Å²) in [5.74, 6) is -3.19. The number of carbonyl (C=O) groups excluding carboxylic acids is 3. The van der Waals surface area contributed by atoms with Crippen molar-refractivity contribution in [2.24, 2.45) is 11.8 Å². The van der Waals surface area contributed by atoms with Crippen LogP contribution in [-0.2, 0) is 28.6 Å². The second-order valence-corrected chi connectivity index (χ2v) is 8.95. The first-order valence-corrected chi connectivity index (χ1v) is 11.2. The molecular formula is C25H34O9. The van der Waals surface area contributed by atoms with Gasteiger partial charge in [-0.2, -0.15) is 0 Å².